The molecule has 0 fully saturated rings. The van der Waals surface area contributed by atoms with Crippen molar-refractivity contribution in [3.8, 4) is 0 Å². The number of rotatable bonds is 11. The normalized spacial score (nSPS) is 12.5. The number of nitrogens with one attached hydrogen (secondary N) is 2. The van der Waals surface area contributed by atoms with Crippen LogP contribution in [-0.4, -0.2) is 76.4 Å². The number of ether oxygens (including phenoxy) is 3. The van der Waals surface area contributed by atoms with Crippen LogP contribution in [0, 0.1) is 0 Å². The van der Waals surface area contributed by atoms with E-state index in [4.69, 9.17) is 37.4 Å². The van der Waals surface area contributed by atoms with Gasteiger partial charge in [-0.05, 0) is 38.5 Å². The van der Waals surface area contributed by atoms with Gasteiger partial charge in [0, 0.05) is 20.7 Å². The minimum absolute atomic E-state index is 0.240. The van der Waals surface area contributed by atoms with Crippen LogP contribution in [0.4, 0.5) is 10.7 Å². The smallest absolute Gasteiger partial charge is 0.410 e. The van der Waals surface area contributed by atoms with Crippen molar-refractivity contribution in [3.05, 3.63) is 50.4 Å². The van der Waals surface area contributed by atoms with Crippen molar-refractivity contribution in [3.63, 3.8) is 0 Å². The highest BCUT2D eigenvalue weighted by atomic mass is 35.5. The first-order valence-electron chi connectivity index (χ1n) is 11.6. The van der Waals surface area contributed by atoms with Gasteiger partial charge in [-0.15, -0.1) is 0 Å². The summed E-state index contributed by atoms with van der Waals surface area (Å²) in [6.07, 6.45) is 0.687. The Kier molecular flexibility index (Phi) is 9.77. The molecular weight excluding hydrogens is 523 g/mol. The molecule has 2 aromatic heterocycles. The van der Waals surface area contributed by atoms with E-state index < -0.39 is 17.8 Å². The molecule has 0 aliphatic heterocycles. The van der Waals surface area contributed by atoms with E-state index in [0.717, 1.165) is 5.56 Å². The summed E-state index contributed by atoms with van der Waals surface area (Å²) < 4.78 is 18.1. The fourth-order valence-corrected chi connectivity index (χ4v) is 3.78. The number of fused-ring (bicyclic) bond motifs is 1. The van der Waals surface area contributed by atoms with Crippen molar-refractivity contribution < 1.29 is 19.0 Å². The largest absolute Gasteiger partial charge is 0.444 e. The van der Waals surface area contributed by atoms with Gasteiger partial charge < -0.3 is 24.4 Å². The van der Waals surface area contributed by atoms with Crippen LogP contribution in [0.2, 0.25) is 10.0 Å². The van der Waals surface area contributed by atoms with Crippen molar-refractivity contribution >= 4 is 46.3 Å². The molecule has 0 saturated heterocycles. The van der Waals surface area contributed by atoms with E-state index in [1.807, 2.05) is 26.8 Å². The summed E-state index contributed by atoms with van der Waals surface area (Å²) >= 11 is 12.0. The first kappa shape index (κ1) is 28.7. The van der Waals surface area contributed by atoms with Crippen LogP contribution in [0.5, 0.6) is 0 Å². The molecule has 3 rings (SSSR count). The summed E-state index contributed by atoms with van der Waals surface area (Å²) in [5.74, 6) is 0.310. The Morgan fingerprint density at radius 2 is 2.03 bits per heavy atom. The van der Waals surface area contributed by atoms with Crippen LogP contribution in [0.25, 0.3) is 11.0 Å². The van der Waals surface area contributed by atoms with Gasteiger partial charge in [0.25, 0.3) is 5.56 Å². The van der Waals surface area contributed by atoms with Gasteiger partial charge in [0.05, 0.1) is 48.6 Å². The van der Waals surface area contributed by atoms with Crippen molar-refractivity contribution in [2.75, 3.05) is 39.2 Å². The van der Waals surface area contributed by atoms with Crippen LogP contribution < -0.4 is 10.9 Å². The number of anilines is 1. The monoisotopic (exact) mass is 554 g/mol. The van der Waals surface area contributed by atoms with Crippen molar-refractivity contribution in [1.29, 1.82) is 0 Å². The van der Waals surface area contributed by atoms with E-state index in [1.54, 1.807) is 26.3 Å². The molecule has 11 nitrogen and oxygen atoms in total. The minimum atomic E-state index is -0.593. The molecule has 0 saturated carbocycles. The number of aromatic nitrogens is 4. The lowest BCUT2D eigenvalue weighted by Crippen LogP contribution is -2.41. The van der Waals surface area contributed by atoms with E-state index in [9.17, 15) is 9.59 Å². The Labute approximate surface area is 225 Å². The van der Waals surface area contributed by atoms with E-state index in [2.05, 4.69) is 20.4 Å². The fourth-order valence-electron chi connectivity index (χ4n) is 3.46. The van der Waals surface area contributed by atoms with Gasteiger partial charge >= 0.3 is 6.09 Å². The highest BCUT2D eigenvalue weighted by Gasteiger charge is 2.22. The standard InChI is InChI=1S/C24H32Cl2N6O5/c1-24(2,3)37-23(34)31(4)13-16(14-35-5)36-9-8-32-20-19(12-28-32)29-22(30-21(20)33)27-11-15-6-7-17(25)18(26)10-15/h6-7,10,12,16H,8-9,11,13-14H2,1-5H3,(H2,27,29,30,33). The second-order valence-corrected chi connectivity index (χ2v) is 10.2. The van der Waals surface area contributed by atoms with Crippen molar-refractivity contribution in [1.82, 2.24) is 24.6 Å². The summed E-state index contributed by atoms with van der Waals surface area (Å²) in [5, 5.41) is 8.28. The Hall–Kier alpha value is -2.86. The molecule has 0 aliphatic carbocycles. The van der Waals surface area contributed by atoms with Gasteiger partial charge in [0.2, 0.25) is 5.95 Å². The third kappa shape index (κ3) is 8.32. The first-order valence-corrected chi connectivity index (χ1v) is 12.4. The minimum Gasteiger partial charge on any atom is -0.444 e. The fraction of sp³-hybridized carbons (Fsp3) is 0.500. The molecule has 0 radical (unpaired) electrons. The molecule has 1 atom stereocenters. The predicted octanol–water partition coefficient (Wildman–Crippen LogP) is 3.94. The Morgan fingerprint density at radius 3 is 2.70 bits per heavy atom. The highest BCUT2D eigenvalue weighted by molar-refractivity contribution is 6.42. The molecule has 1 unspecified atom stereocenters. The number of halogens is 2. The molecule has 37 heavy (non-hydrogen) atoms. The lowest BCUT2D eigenvalue weighted by atomic mass is 10.2. The molecule has 2 heterocycles. The van der Waals surface area contributed by atoms with Crippen LogP contribution >= 0.6 is 23.2 Å². The first-order chi connectivity index (χ1) is 17.5. The molecular formula is C24H32Cl2N6O5. The maximum absolute atomic E-state index is 12.8. The van der Waals surface area contributed by atoms with Crippen molar-refractivity contribution in [2.24, 2.45) is 0 Å². The Bertz CT molecular complexity index is 1270. The molecule has 13 heteroatoms. The molecule has 1 aromatic carbocycles. The zero-order valence-electron chi connectivity index (χ0n) is 21.5. The van der Waals surface area contributed by atoms with Crippen LogP contribution in [0.1, 0.15) is 26.3 Å². The van der Waals surface area contributed by atoms with Crippen molar-refractivity contribution in [2.45, 2.75) is 45.6 Å². The summed E-state index contributed by atoms with van der Waals surface area (Å²) in [6, 6.07) is 5.28. The zero-order chi connectivity index (χ0) is 27.2. The average molecular weight is 555 g/mol. The van der Waals surface area contributed by atoms with Crippen LogP contribution in [0.15, 0.2) is 29.2 Å². The van der Waals surface area contributed by atoms with E-state index in [1.165, 1.54) is 15.8 Å². The molecule has 3 aromatic rings. The topological polar surface area (TPSA) is 124 Å². The Morgan fingerprint density at radius 1 is 1.27 bits per heavy atom. The molecule has 0 bridgehead atoms. The summed E-state index contributed by atoms with van der Waals surface area (Å²) in [5.41, 5.74) is 0.728. The summed E-state index contributed by atoms with van der Waals surface area (Å²) in [6.45, 7) is 6.92. The maximum Gasteiger partial charge on any atom is 0.410 e. The predicted molar refractivity (Wildman–Crippen MR) is 142 cm³/mol. The second kappa shape index (κ2) is 12.6. The number of hydrogen-bond donors (Lipinski definition) is 2. The second-order valence-electron chi connectivity index (χ2n) is 9.43. The van der Waals surface area contributed by atoms with Gasteiger partial charge in [-0.2, -0.15) is 5.10 Å². The van der Waals surface area contributed by atoms with E-state index in [0.29, 0.717) is 40.1 Å². The number of nitrogens with zero attached hydrogens (tertiary/aromatic N) is 4. The number of benzene rings is 1. The number of likely N-dealkylation sites (N-methyl/N-ethyl adjacent to an activating group) is 1. The van der Waals surface area contributed by atoms with Crippen LogP contribution in [-0.2, 0) is 27.3 Å². The van der Waals surface area contributed by atoms with Crippen LogP contribution in [0.3, 0.4) is 0 Å². The van der Waals surface area contributed by atoms with Gasteiger partial charge in [0.1, 0.15) is 11.1 Å². The molecule has 1 amide bonds. The molecule has 0 spiro atoms. The van der Waals surface area contributed by atoms with Gasteiger partial charge in [-0.25, -0.2) is 9.78 Å². The third-order valence-corrected chi connectivity index (χ3v) is 5.87. The number of amides is 1. The molecule has 0 aliphatic rings. The van der Waals surface area contributed by atoms with E-state index in [-0.39, 0.29) is 25.3 Å². The van der Waals surface area contributed by atoms with E-state index >= 15 is 0 Å². The third-order valence-electron chi connectivity index (χ3n) is 5.14. The maximum atomic E-state index is 12.8. The average Bonchev–Trinajstić information content (AvgIpc) is 3.22. The molecule has 2 N–H and O–H groups in total. The number of H-pyrrole nitrogens is 1. The highest BCUT2D eigenvalue weighted by Crippen LogP contribution is 2.23. The molecule has 202 valence electrons. The number of methoxy groups -OCH3 is 1. The SMILES string of the molecule is COCC(CN(C)C(=O)OC(C)(C)C)OCCn1ncc2nc(NCc3ccc(Cl)c(Cl)c3)[nH]c(=O)c21. The van der Waals surface area contributed by atoms with Gasteiger partial charge in [0.15, 0.2) is 5.52 Å². The van der Waals surface area contributed by atoms with Gasteiger partial charge in [-0.3, -0.25) is 14.5 Å². The number of carbonyl (C=O) groups is 1. The quantitative estimate of drug-likeness (QED) is 0.365. The zero-order valence-corrected chi connectivity index (χ0v) is 23.0. The lowest BCUT2D eigenvalue weighted by molar-refractivity contribution is -0.0275. The summed E-state index contributed by atoms with van der Waals surface area (Å²) in [4.78, 5) is 33.7. The van der Waals surface area contributed by atoms with Gasteiger partial charge in [-0.1, -0.05) is 29.3 Å². The Balaban J connectivity index is 1.59. The number of hydrogen-bond acceptors (Lipinski definition) is 8. The number of aromatic amines is 1. The number of carbonyl (C=O) groups excluding carboxylic acids is 1. The summed E-state index contributed by atoms with van der Waals surface area (Å²) in [7, 11) is 3.20. The lowest BCUT2D eigenvalue weighted by Gasteiger charge is -2.27.